The number of amidine groups is 1. The number of rotatable bonds is 3. The highest BCUT2D eigenvalue weighted by atomic mass is 79.9. The highest BCUT2D eigenvalue weighted by Gasteiger charge is 2.28. The summed E-state index contributed by atoms with van der Waals surface area (Å²) in [5, 5.41) is 7.59. The zero-order chi connectivity index (χ0) is 11.0. The number of nitrogen functional groups attached to an aromatic ring is 1. The van der Waals surface area contributed by atoms with Gasteiger partial charge in [-0.25, -0.2) is 0 Å². The lowest BCUT2D eigenvalue weighted by atomic mass is 10.1. The van der Waals surface area contributed by atoms with Gasteiger partial charge in [-0.1, -0.05) is 6.07 Å². The Morgan fingerprint density at radius 3 is 2.73 bits per heavy atom. The second kappa shape index (κ2) is 3.85. The SMILES string of the molecule is CN(c1cccc(Br)c1C(=N)N)C1CC1. The summed E-state index contributed by atoms with van der Waals surface area (Å²) in [6.45, 7) is 0. The third-order valence-corrected chi connectivity index (χ3v) is 3.40. The van der Waals surface area contributed by atoms with Crippen LogP contribution in [0.15, 0.2) is 22.7 Å². The van der Waals surface area contributed by atoms with Crippen molar-refractivity contribution in [3.05, 3.63) is 28.2 Å². The lowest BCUT2D eigenvalue weighted by molar-refractivity contribution is 0.914. The minimum absolute atomic E-state index is 0.116. The van der Waals surface area contributed by atoms with Crippen LogP contribution in [0.1, 0.15) is 18.4 Å². The Kier molecular flexibility index (Phi) is 2.69. The highest BCUT2D eigenvalue weighted by molar-refractivity contribution is 9.10. The van der Waals surface area contributed by atoms with Crippen molar-refractivity contribution in [2.24, 2.45) is 5.73 Å². The monoisotopic (exact) mass is 267 g/mol. The summed E-state index contributed by atoms with van der Waals surface area (Å²) in [5.74, 6) is 0.116. The standard InChI is InChI=1S/C11H14BrN3/c1-15(7-5-6-7)9-4-2-3-8(12)10(9)11(13)14/h2-4,7H,5-6H2,1H3,(H3,13,14). The van der Waals surface area contributed by atoms with Gasteiger partial charge in [-0.2, -0.15) is 0 Å². The van der Waals surface area contributed by atoms with Gasteiger partial charge in [-0.3, -0.25) is 5.41 Å². The van der Waals surface area contributed by atoms with Crippen molar-refractivity contribution in [3.63, 3.8) is 0 Å². The first kappa shape index (κ1) is 10.5. The normalized spacial score (nSPS) is 15.1. The van der Waals surface area contributed by atoms with E-state index in [2.05, 4.69) is 27.9 Å². The molecule has 0 aromatic heterocycles. The minimum atomic E-state index is 0.116. The van der Waals surface area contributed by atoms with E-state index in [0.29, 0.717) is 6.04 Å². The van der Waals surface area contributed by atoms with Crippen LogP contribution in [0.5, 0.6) is 0 Å². The molecule has 3 nitrogen and oxygen atoms in total. The molecule has 0 heterocycles. The Balaban J connectivity index is 2.44. The Bertz CT molecular complexity index is 399. The van der Waals surface area contributed by atoms with Crippen LogP contribution in [-0.4, -0.2) is 18.9 Å². The zero-order valence-corrected chi connectivity index (χ0v) is 10.2. The van der Waals surface area contributed by atoms with Gasteiger partial charge in [0.05, 0.1) is 5.56 Å². The predicted octanol–water partition coefficient (Wildman–Crippen LogP) is 2.33. The summed E-state index contributed by atoms with van der Waals surface area (Å²) in [5.41, 5.74) is 7.44. The van der Waals surface area contributed by atoms with E-state index in [4.69, 9.17) is 11.1 Å². The van der Waals surface area contributed by atoms with Crippen LogP contribution in [0, 0.1) is 5.41 Å². The van der Waals surface area contributed by atoms with Crippen LogP contribution in [-0.2, 0) is 0 Å². The first-order valence-corrected chi connectivity index (χ1v) is 5.76. The first-order chi connectivity index (χ1) is 7.11. The molecule has 1 aliphatic carbocycles. The molecule has 1 fully saturated rings. The maximum atomic E-state index is 7.59. The van der Waals surface area contributed by atoms with Crippen LogP contribution in [0.25, 0.3) is 0 Å². The molecule has 0 aliphatic heterocycles. The molecule has 0 saturated heterocycles. The summed E-state index contributed by atoms with van der Waals surface area (Å²) < 4.78 is 0.889. The highest BCUT2D eigenvalue weighted by Crippen LogP contribution is 2.34. The molecule has 0 amide bonds. The molecule has 0 unspecified atom stereocenters. The number of nitrogens with zero attached hydrogens (tertiary/aromatic N) is 1. The molecule has 0 bridgehead atoms. The van der Waals surface area contributed by atoms with Gasteiger partial charge in [0.15, 0.2) is 0 Å². The van der Waals surface area contributed by atoms with E-state index in [9.17, 15) is 0 Å². The molecule has 0 spiro atoms. The Labute approximate surface area is 97.9 Å². The summed E-state index contributed by atoms with van der Waals surface area (Å²) >= 11 is 3.44. The number of benzene rings is 1. The van der Waals surface area contributed by atoms with Crippen molar-refractivity contribution in [1.82, 2.24) is 0 Å². The average molecular weight is 268 g/mol. The third-order valence-electron chi connectivity index (χ3n) is 2.74. The second-order valence-corrected chi connectivity index (χ2v) is 4.74. The lowest BCUT2D eigenvalue weighted by Crippen LogP contribution is -2.24. The van der Waals surface area contributed by atoms with Gasteiger partial charge in [0.25, 0.3) is 0 Å². The summed E-state index contributed by atoms with van der Waals surface area (Å²) in [4.78, 5) is 2.21. The number of hydrogen-bond acceptors (Lipinski definition) is 2. The fraction of sp³-hybridized carbons (Fsp3) is 0.364. The smallest absolute Gasteiger partial charge is 0.126 e. The van der Waals surface area contributed by atoms with Gasteiger partial charge >= 0.3 is 0 Å². The van der Waals surface area contributed by atoms with E-state index in [1.54, 1.807) is 0 Å². The molecule has 1 saturated carbocycles. The van der Waals surface area contributed by atoms with Crippen molar-refractivity contribution < 1.29 is 0 Å². The van der Waals surface area contributed by atoms with Gasteiger partial charge in [0.2, 0.25) is 0 Å². The van der Waals surface area contributed by atoms with Gasteiger partial charge < -0.3 is 10.6 Å². The minimum Gasteiger partial charge on any atom is -0.384 e. The van der Waals surface area contributed by atoms with E-state index in [-0.39, 0.29) is 5.84 Å². The summed E-state index contributed by atoms with van der Waals surface area (Å²) in [6.07, 6.45) is 2.47. The van der Waals surface area contributed by atoms with Gasteiger partial charge in [-0.05, 0) is 40.9 Å². The second-order valence-electron chi connectivity index (χ2n) is 3.89. The molecule has 0 radical (unpaired) electrons. The molecule has 3 N–H and O–H groups in total. The maximum Gasteiger partial charge on any atom is 0.126 e. The largest absolute Gasteiger partial charge is 0.384 e. The van der Waals surface area contributed by atoms with Crippen LogP contribution in [0.3, 0.4) is 0 Å². The number of nitrogens with two attached hydrogens (primary N) is 1. The van der Waals surface area contributed by atoms with E-state index >= 15 is 0 Å². The number of halogens is 1. The summed E-state index contributed by atoms with van der Waals surface area (Å²) in [6, 6.07) is 6.53. The van der Waals surface area contributed by atoms with Crippen molar-refractivity contribution in [1.29, 1.82) is 5.41 Å². The predicted molar refractivity (Wildman–Crippen MR) is 66.6 cm³/mol. The molecule has 2 rings (SSSR count). The van der Waals surface area contributed by atoms with Gasteiger partial charge in [0.1, 0.15) is 5.84 Å². The van der Waals surface area contributed by atoms with Crippen LogP contribution in [0.2, 0.25) is 0 Å². The van der Waals surface area contributed by atoms with Crippen molar-refractivity contribution in [3.8, 4) is 0 Å². The molecule has 1 aliphatic rings. The Morgan fingerprint density at radius 2 is 2.20 bits per heavy atom. The van der Waals surface area contributed by atoms with E-state index in [0.717, 1.165) is 15.7 Å². The van der Waals surface area contributed by atoms with Crippen LogP contribution < -0.4 is 10.6 Å². The zero-order valence-electron chi connectivity index (χ0n) is 8.63. The number of nitrogens with one attached hydrogen (secondary N) is 1. The van der Waals surface area contributed by atoms with Gasteiger partial charge in [-0.15, -0.1) is 0 Å². The number of anilines is 1. The molecule has 80 valence electrons. The summed E-state index contributed by atoms with van der Waals surface area (Å²) in [7, 11) is 2.06. The molecule has 0 atom stereocenters. The molecule has 15 heavy (non-hydrogen) atoms. The van der Waals surface area contributed by atoms with Gasteiger partial charge in [0, 0.05) is 23.2 Å². The fourth-order valence-corrected chi connectivity index (χ4v) is 2.30. The third kappa shape index (κ3) is 2.00. The topological polar surface area (TPSA) is 53.1 Å². The number of hydrogen-bond donors (Lipinski definition) is 2. The Hall–Kier alpha value is -1.03. The fourth-order valence-electron chi connectivity index (χ4n) is 1.73. The Morgan fingerprint density at radius 1 is 1.53 bits per heavy atom. The van der Waals surface area contributed by atoms with E-state index in [1.165, 1.54) is 12.8 Å². The van der Waals surface area contributed by atoms with Crippen molar-refractivity contribution in [2.75, 3.05) is 11.9 Å². The van der Waals surface area contributed by atoms with Crippen molar-refractivity contribution in [2.45, 2.75) is 18.9 Å². The van der Waals surface area contributed by atoms with Crippen LogP contribution >= 0.6 is 15.9 Å². The van der Waals surface area contributed by atoms with E-state index < -0.39 is 0 Å². The molecular weight excluding hydrogens is 254 g/mol. The van der Waals surface area contributed by atoms with Crippen LogP contribution in [0.4, 0.5) is 5.69 Å². The maximum absolute atomic E-state index is 7.59. The molecule has 1 aromatic carbocycles. The first-order valence-electron chi connectivity index (χ1n) is 4.97. The molecule has 4 heteroatoms. The quantitative estimate of drug-likeness (QED) is 0.653. The van der Waals surface area contributed by atoms with Crippen molar-refractivity contribution >= 4 is 27.5 Å². The lowest BCUT2D eigenvalue weighted by Gasteiger charge is -2.22. The average Bonchev–Trinajstić information content (AvgIpc) is 2.98. The molecular formula is C11H14BrN3. The molecule has 1 aromatic rings. The van der Waals surface area contributed by atoms with E-state index in [1.807, 2.05) is 18.2 Å².